The van der Waals surface area contributed by atoms with Gasteiger partial charge in [-0.05, 0) is 90.9 Å². The Kier molecular flexibility index (Phi) is 10.7. The summed E-state index contributed by atoms with van der Waals surface area (Å²) in [7, 11) is 0. The molecule has 2 aliphatic carbocycles. The van der Waals surface area contributed by atoms with Crippen LogP contribution in [0.25, 0.3) is 11.1 Å². The Labute approximate surface area is 303 Å². The predicted octanol–water partition coefficient (Wildman–Crippen LogP) is 8.19. The minimum Gasteiger partial charge on any atom is -0.467 e. The molecule has 0 atom stereocenters. The number of nitrogens with zero attached hydrogens (tertiary/aromatic N) is 3. The number of benzene rings is 3. The fourth-order valence-electron chi connectivity index (χ4n) is 8.55. The predicted molar refractivity (Wildman–Crippen MR) is 196 cm³/mol. The normalized spacial score (nSPS) is 17.4. The number of anilines is 1. The van der Waals surface area contributed by atoms with Crippen molar-refractivity contribution >= 4 is 17.5 Å². The van der Waals surface area contributed by atoms with Crippen molar-refractivity contribution in [3.05, 3.63) is 114 Å². The topological polar surface area (TPSA) is 69.0 Å². The number of furan rings is 1. The Morgan fingerprint density at radius 2 is 1.46 bits per heavy atom. The minimum absolute atomic E-state index is 0.0452. The summed E-state index contributed by atoms with van der Waals surface area (Å²) in [5, 5.41) is 2.23. The van der Waals surface area contributed by atoms with Crippen LogP contribution in [0.2, 0.25) is 0 Å². The molecule has 7 nitrogen and oxygen atoms in total. The third kappa shape index (κ3) is 7.63. The van der Waals surface area contributed by atoms with Gasteiger partial charge in [0.2, 0.25) is 5.91 Å². The first-order chi connectivity index (χ1) is 25.2. The summed E-state index contributed by atoms with van der Waals surface area (Å²) in [6, 6.07) is 27.2. The summed E-state index contributed by atoms with van der Waals surface area (Å²) >= 11 is 0. The van der Waals surface area contributed by atoms with Crippen LogP contribution in [-0.4, -0.2) is 73.1 Å². The van der Waals surface area contributed by atoms with E-state index in [4.69, 9.17) is 4.42 Å². The van der Waals surface area contributed by atoms with Crippen LogP contribution in [0.3, 0.4) is 0 Å². The van der Waals surface area contributed by atoms with Crippen LogP contribution in [0.4, 0.5) is 18.9 Å². The van der Waals surface area contributed by atoms with Gasteiger partial charge in [-0.3, -0.25) is 14.5 Å². The highest BCUT2D eigenvalue weighted by molar-refractivity contribution is 6.00. The second kappa shape index (κ2) is 15.6. The molecule has 1 saturated carbocycles. The maximum Gasteiger partial charge on any atom is 0.405 e. The average molecular weight is 713 g/mol. The second-order valence-electron chi connectivity index (χ2n) is 14.4. The van der Waals surface area contributed by atoms with Crippen molar-refractivity contribution in [1.82, 2.24) is 15.1 Å². The molecule has 1 aliphatic heterocycles. The molecule has 52 heavy (non-hydrogen) atoms. The van der Waals surface area contributed by atoms with E-state index in [9.17, 15) is 22.8 Å². The zero-order valence-electron chi connectivity index (χ0n) is 29.5. The third-order valence-electron chi connectivity index (χ3n) is 11.2. The number of hydrogen-bond acceptors (Lipinski definition) is 5. The zero-order valence-corrected chi connectivity index (χ0v) is 29.5. The van der Waals surface area contributed by atoms with Crippen LogP contribution in [0.1, 0.15) is 78.6 Å². The molecule has 0 bridgehead atoms. The number of nitrogens with one attached hydrogen (secondary N) is 1. The van der Waals surface area contributed by atoms with E-state index in [-0.39, 0.29) is 11.9 Å². The fraction of sp³-hybridized carbons (Fsp3) is 0.429. The quantitative estimate of drug-likeness (QED) is 0.150. The molecule has 1 saturated heterocycles. The van der Waals surface area contributed by atoms with Crippen molar-refractivity contribution in [2.45, 2.75) is 75.5 Å². The molecule has 4 aromatic rings. The molecule has 10 heteroatoms. The molecule has 274 valence electrons. The molecule has 1 aromatic heterocycles. The van der Waals surface area contributed by atoms with Crippen LogP contribution < -0.4 is 10.2 Å². The lowest BCUT2D eigenvalue weighted by Crippen LogP contribution is -2.47. The highest BCUT2D eigenvalue weighted by atomic mass is 19.4. The van der Waals surface area contributed by atoms with Crippen LogP contribution >= 0.6 is 0 Å². The van der Waals surface area contributed by atoms with Gasteiger partial charge in [-0.15, -0.1) is 0 Å². The number of rotatable bonds is 12. The Balaban J connectivity index is 0.947. The number of piperazine rings is 1. The number of alkyl halides is 3. The molecule has 0 radical (unpaired) electrons. The first-order valence-corrected chi connectivity index (χ1v) is 18.7. The van der Waals surface area contributed by atoms with Gasteiger partial charge < -0.3 is 19.5 Å². The van der Waals surface area contributed by atoms with E-state index < -0.39 is 24.0 Å². The fourth-order valence-corrected chi connectivity index (χ4v) is 8.55. The van der Waals surface area contributed by atoms with Crippen molar-refractivity contribution in [3.63, 3.8) is 0 Å². The van der Waals surface area contributed by atoms with Gasteiger partial charge in [0, 0.05) is 43.5 Å². The number of hydrogen-bond donors (Lipinski definition) is 1. The summed E-state index contributed by atoms with van der Waals surface area (Å²) in [5.74, 6) is 0.250. The lowest BCUT2D eigenvalue weighted by Gasteiger charge is -2.37. The van der Waals surface area contributed by atoms with Gasteiger partial charge in [-0.25, -0.2) is 0 Å². The molecule has 2 amide bonds. The van der Waals surface area contributed by atoms with E-state index in [0.29, 0.717) is 24.9 Å². The van der Waals surface area contributed by atoms with Crippen LogP contribution in [0.15, 0.2) is 95.6 Å². The number of fused-ring (bicyclic) bond motifs is 3. The lowest BCUT2D eigenvalue weighted by atomic mass is 9.73. The van der Waals surface area contributed by atoms with E-state index in [0.717, 1.165) is 98.5 Å². The largest absolute Gasteiger partial charge is 0.467 e. The summed E-state index contributed by atoms with van der Waals surface area (Å²) in [4.78, 5) is 34.3. The lowest BCUT2D eigenvalue weighted by molar-refractivity contribution is -0.141. The van der Waals surface area contributed by atoms with E-state index >= 15 is 0 Å². The van der Waals surface area contributed by atoms with Gasteiger partial charge in [-0.1, -0.05) is 74.2 Å². The van der Waals surface area contributed by atoms with Crippen molar-refractivity contribution in [1.29, 1.82) is 0 Å². The Bertz CT molecular complexity index is 1770. The van der Waals surface area contributed by atoms with E-state index in [2.05, 4.69) is 27.2 Å². The summed E-state index contributed by atoms with van der Waals surface area (Å²) in [6.07, 6.45) is 4.66. The number of amides is 2. The van der Waals surface area contributed by atoms with Crippen LogP contribution in [-0.2, 0) is 16.8 Å². The second-order valence-corrected chi connectivity index (χ2v) is 14.4. The van der Waals surface area contributed by atoms with Gasteiger partial charge in [0.1, 0.15) is 17.7 Å². The molecule has 3 aromatic carbocycles. The standard InChI is InChI=1S/C42H47F3N4O3/c43-42(44,45)30-46-40(51)41(37-16-6-4-14-35(37)36-15-5-7-17-38(36)41)22-8-9-23-47-24-26-48(27-25-47)32-20-18-31(19-21-32)39(50)49(29-34-13-10-28-52-34)33-11-2-1-3-12-33/h4-7,10,13-21,28,33H,1-3,8-9,11-12,22-27,29-30H2,(H,46,51). The molecule has 0 unspecified atom stereocenters. The number of carbonyl (C=O) groups is 2. The van der Waals surface area contributed by atoms with Gasteiger partial charge >= 0.3 is 6.18 Å². The SMILES string of the molecule is O=C(c1ccc(N2CCN(CCCCC3(C(=O)NCC(F)(F)F)c4ccccc4-c4ccccc43)CC2)cc1)N(Cc1ccco1)C1CCCCC1. The molecular formula is C42H47F3N4O3. The smallest absolute Gasteiger partial charge is 0.405 e. The van der Waals surface area contributed by atoms with Crippen molar-refractivity contribution in [2.24, 2.45) is 0 Å². The summed E-state index contributed by atoms with van der Waals surface area (Å²) < 4.78 is 45.3. The highest BCUT2D eigenvalue weighted by Crippen LogP contribution is 2.51. The summed E-state index contributed by atoms with van der Waals surface area (Å²) in [6.45, 7) is 3.43. The molecule has 7 rings (SSSR count). The first kappa shape index (κ1) is 35.8. The number of halogens is 3. The molecule has 2 fully saturated rings. The van der Waals surface area contributed by atoms with E-state index in [1.165, 1.54) is 6.42 Å². The number of carbonyl (C=O) groups excluding carboxylic acids is 2. The maximum absolute atomic E-state index is 13.8. The monoisotopic (exact) mass is 712 g/mol. The Morgan fingerprint density at radius 1 is 0.808 bits per heavy atom. The zero-order chi connectivity index (χ0) is 36.1. The average Bonchev–Trinajstić information content (AvgIpc) is 3.80. The molecule has 3 aliphatic rings. The Hall–Kier alpha value is -4.57. The first-order valence-electron chi connectivity index (χ1n) is 18.7. The van der Waals surface area contributed by atoms with Crippen molar-refractivity contribution < 1.29 is 27.2 Å². The van der Waals surface area contributed by atoms with Crippen molar-refractivity contribution in [2.75, 3.05) is 44.2 Å². The maximum atomic E-state index is 13.8. The van der Waals surface area contributed by atoms with Gasteiger partial charge in [0.05, 0.1) is 12.8 Å². The molecule has 1 N–H and O–H groups in total. The van der Waals surface area contributed by atoms with E-state index in [1.54, 1.807) is 6.26 Å². The van der Waals surface area contributed by atoms with Crippen molar-refractivity contribution in [3.8, 4) is 11.1 Å². The van der Waals surface area contributed by atoms with Gasteiger partial charge in [-0.2, -0.15) is 13.2 Å². The molecule has 0 spiro atoms. The van der Waals surface area contributed by atoms with Crippen LogP contribution in [0.5, 0.6) is 0 Å². The highest BCUT2D eigenvalue weighted by Gasteiger charge is 2.49. The third-order valence-corrected chi connectivity index (χ3v) is 11.2. The van der Waals surface area contributed by atoms with Gasteiger partial charge in [0.25, 0.3) is 5.91 Å². The summed E-state index contributed by atoms with van der Waals surface area (Å²) in [5.41, 5.74) is 3.98. The molecular weight excluding hydrogens is 665 g/mol. The van der Waals surface area contributed by atoms with Gasteiger partial charge in [0.15, 0.2) is 0 Å². The van der Waals surface area contributed by atoms with E-state index in [1.807, 2.05) is 77.7 Å². The Morgan fingerprint density at radius 3 is 2.08 bits per heavy atom. The van der Waals surface area contributed by atoms with Crippen LogP contribution in [0, 0.1) is 0 Å². The minimum atomic E-state index is -4.49. The number of unbranched alkanes of at least 4 members (excludes halogenated alkanes) is 1. The molecule has 2 heterocycles.